The molecule has 0 bridgehead atoms. The van der Waals surface area contributed by atoms with E-state index in [0.717, 1.165) is 16.9 Å². The van der Waals surface area contributed by atoms with Crippen LogP contribution >= 0.6 is 0 Å². The zero-order chi connectivity index (χ0) is 17.8. The molecule has 0 fully saturated rings. The molecule has 2 aromatic carbocycles. The van der Waals surface area contributed by atoms with Crippen molar-refractivity contribution in [1.29, 1.82) is 0 Å². The van der Waals surface area contributed by atoms with Gasteiger partial charge >= 0.3 is 0 Å². The first-order valence-corrected chi connectivity index (χ1v) is 7.90. The Kier molecular flexibility index (Phi) is 4.74. The van der Waals surface area contributed by atoms with Crippen LogP contribution in [-0.4, -0.2) is 52.2 Å². The van der Waals surface area contributed by atoms with Crippen LogP contribution in [0, 0.1) is 0 Å². The van der Waals surface area contributed by atoms with Crippen LogP contribution in [0.15, 0.2) is 54.9 Å². The first kappa shape index (κ1) is 16.6. The third-order valence-electron chi connectivity index (χ3n) is 3.93. The summed E-state index contributed by atoms with van der Waals surface area (Å²) < 4.78 is 1.52. The van der Waals surface area contributed by atoms with E-state index in [-0.39, 0.29) is 5.91 Å². The van der Waals surface area contributed by atoms with Gasteiger partial charge in [0, 0.05) is 38.9 Å². The monoisotopic (exact) mass is 336 g/mol. The van der Waals surface area contributed by atoms with Gasteiger partial charge in [-0.15, -0.1) is 5.10 Å². The van der Waals surface area contributed by atoms with Gasteiger partial charge < -0.3 is 9.80 Å². The second kappa shape index (κ2) is 7.12. The zero-order valence-corrected chi connectivity index (χ0v) is 14.5. The van der Waals surface area contributed by atoms with Crippen LogP contribution in [0.1, 0.15) is 15.9 Å². The maximum Gasteiger partial charge on any atom is 0.253 e. The number of rotatable bonds is 5. The van der Waals surface area contributed by atoms with Crippen molar-refractivity contribution >= 4 is 11.6 Å². The molecule has 0 unspecified atom stereocenters. The average Bonchev–Trinajstić information content (AvgIpc) is 3.16. The molecule has 0 saturated heterocycles. The summed E-state index contributed by atoms with van der Waals surface area (Å²) in [6.07, 6.45) is 1.50. The number of amides is 1. The summed E-state index contributed by atoms with van der Waals surface area (Å²) in [4.78, 5) is 16.4. The summed E-state index contributed by atoms with van der Waals surface area (Å²) in [7, 11) is 5.80. The number of aromatic nitrogens is 4. The third-order valence-corrected chi connectivity index (χ3v) is 3.93. The van der Waals surface area contributed by atoms with Gasteiger partial charge in [-0.3, -0.25) is 4.79 Å². The van der Waals surface area contributed by atoms with Crippen molar-refractivity contribution in [2.75, 3.05) is 26.0 Å². The lowest BCUT2D eigenvalue weighted by molar-refractivity contribution is 0.0785. The number of hydrogen-bond donors (Lipinski definition) is 0. The SMILES string of the molecule is CN(Cc1ccc(N(C)C)cc1)C(=O)c1cccc(-n2cnnn2)c1. The van der Waals surface area contributed by atoms with E-state index in [1.54, 1.807) is 24.1 Å². The van der Waals surface area contributed by atoms with Gasteiger partial charge in [-0.05, 0) is 46.3 Å². The Hall–Kier alpha value is -3.22. The fraction of sp³-hybridized carbons (Fsp3) is 0.222. The second-order valence-corrected chi connectivity index (χ2v) is 6.03. The van der Waals surface area contributed by atoms with Crippen molar-refractivity contribution in [3.63, 3.8) is 0 Å². The van der Waals surface area contributed by atoms with Crippen LogP contribution < -0.4 is 4.90 Å². The molecule has 3 rings (SSSR count). The molecule has 7 heteroatoms. The van der Waals surface area contributed by atoms with Crippen LogP contribution in [0.25, 0.3) is 5.69 Å². The smallest absolute Gasteiger partial charge is 0.253 e. The van der Waals surface area contributed by atoms with E-state index in [4.69, 9.17) is 0 Å². The molecule has 3 aromatic rings. The number of carbonyl (C=O) groups excluding carboxylic acids is 1. The van der Waals surface area contributed by atoms with Gasteiger partial charge in [0.05, 0.1) is 5.69 Å². The Morgan fingerprint density at radius 2 is 1.84 bits per heavy atom. The fourth-order valence-electron chi connectivity index (χ4n) is 2.53. The molecule has 0 radical (unpaired) electrons. The normalized spacial score (nSPS) is 10.5. The molecule has 0 aliphatic heterocycles. The number of benzene rings is 2. The Morgan fingerprint density at radius 3 is 2.48 bits per heavy atom. The molecule has 128 valence electrons. The Balaban J connectivity index is 1.73. The highest BCUT2D eigenvalue weighted by Gasteiger charge is 2.13. The van der Waals surface area contributed by atoms with Crippen LogP contribution in [0.2, 0.25) is 0 Å². The summed E-state index contributed by atoms with van der Waals surface area (Å²) in [5.74, 6) is -0.0494. The van der Waals surface area contributed by atoms with E-state index in [1.807, 2.05) is 55.4 Å². The van der Waals surface area contributed by atoms with E-state index in [0.29, 0.717) is 12.1 Å². The minimum atomic E-state index is -0.0494. The lowest BCUT2D eigenvalue weighted by Gasteiger charge is -2.19. The molecule has 0 aliphatic carbocycles. The second-order valence-electron chi connectivity index (χ2n) is 6.03. The van der Waals surface area contributed by atoms with Crippen molar-refractivity contribution in [3.8, 4) is 5.69 Å². The molecule has 0 saturated carbocycles. The maximum absolute atomic E-state index is 12.7. The quantitative estimate of drug-likeness (QED) is 0.713. The van der Waals surface area contributed by atoms with Crippen molar-refractivity contribution in [1.82, 2.24) is 25.1 Å². The molecule has 1 aromatic heterocycles. The lowest BCUT2D eigenvalue weighted by atomic mass is 10.1. The molecule has 0 atom stereocenters. The number of tetrazole rings is 1. The Bertz CT molecular complexity index is 842. The van der Waals surface area contributed by atoms with Crippen molar-refractivity contribution < 1.29 is 4.79 Å². The first-order chi connectivity index (χ1) is 12.0. The summed E-state index contributed by atoms with van der Waals surface area (Å²) in [5.41, 5.74) is 3.56. The summed E-state index contributed by atoms with van der Waals surface area (Å²) in [6.45, 7) is 0.543. The van der Waals surface area contributed by atoms with Gasteiger partial charge in [-0.25, -0.2) is 4.68 Å². The number of carbonyl (C=O) groups is 1. The van der Waals surface area contributed by atoms with Gasteiger partial charge in [0.1, 0.15) is 6.33 Å². The van der Waals surface area contributed by atoms with Crippen molar-refractivity contribution in [2.24, 2.45) is 0 Å². The number of hydrogen-bond acceptors (Lipinski definition) is 5. The lowest BCUT2D eigenvalue weighted by Crippen LogP contribution is -2.26. The fourth-order valence-corrected chi connectivity index (χ4v) is 2.53. The minimum Gasteiger partial charge on any atom is -0.378 e. The molecule has 25 heavy (non-hydrogen) atoms. The predicted octanol–water partition coefficient (Wildman–Crippen LogP) is 2.00. The van der Waals surface area contributed by atoms with Gasteiger partial charge in [-0.2, -0.15) is 0 Å². The van der Waals surface area contributed by atoms with Crippen LogP contribution in [0.4, 0.5) is 5.69 Å². The van der Waals surface area contributed by atoms with Gasteiger partial charge in [0.15, 0.2) is 0 Å². The van der Waals surface area contributed by atoms with Gasteiger partial charge in [0.25, 0.3) is 5.91 Å². The molecule has 1 amide bonds. The van der Waals surface area contributed by atoms with Crippen molar-refractivity contribution in [3.05, 3.63) is 66.0 Å². The average molecular weight is 336 g/mol. The van der Waals surface area contributed by atoms with Gasteiger partial charge in [0.2, 0.25) is 0 Å². The highest BCUT2D eigenvalue weighted by molar-refractivity contribution is 5.94. The molecule has 1 heterocycles. The van der Waals surface area contributed by atoms with Crippen molar-refractivity contribution in [2.45, 2.75) is 6.54 Å². The largest absolute Gasteiger partial charge is 0.378 e. The Morgan fingerprint density at radius 1 is 1.08 bits per heavy atom. The molecule has 0 aliphatic rings. The highest BCUT2D eigenvalue weighted by Crippen LogP contribution is 2.15. The summed E-state index contributed by atoms with van der Waals surface area (Å²) in [5, 5.41) is 11.1. The van der Waals surface area contributed by atoms with E-state index in [9.17, 15) is 4.79 Å². The van der Waals surface area contributed by atoms with E-state index in [2.05, 4.69) is 15.5 Å². The first-order valence-electron chi connectivity index (χ1n) is 7.90. The molecule has 0 N–H and O–H groups in total. The highest BCUT2D eigenvalue weighted by atomic mass is 16.2. The maximum atomic E-state index is 12.7. The van der Waals surface area contributed by atoms with E-state index >= 15 is 0 Å². The van der Waals surface area contributed by atoms with Crippen LogP contribution in [0.5, 0.6) is 0 Å². The standard InChI is InChI=1S/C18H20N6O/c1-22(2)16-9-7-14(8-10-16)12-23(3)18(25)15-5-4-6-17(11-15)24-13-19-20-21-24/h4-11,13H,12H2,1-3H3. The minimum absolute atomic E-state index is 0.0494. The predicted molar refractivity (Wildman–Crippen MR) is 95.7 cm³/mol. The van der Waals surface area contributed by atoms with Crippen LogP contribution in [-0.2, 0) is 6.54 Å². The molecular weight excluding hydrogens is 316 g/mol. The Labute approximate surface area is 146 Å². The van der Waals surface area contributed by atoms with Gasteiger partial charge in [-0.1, -0.05) is 18.2 Å². The molecule has 7 nitrogen and oxygen atoms in total. The van der Waals surface area contributed by atoms with E-state index < -0.39 is 0 Å². The summed E-state index contributed by atoms with van der Waals surface area (Å²) in [6, 6.07) is 15.4. The molecular formula is C18H20N6O. The van der Waals surface area contributed by atoms with E-state index in [1.165, 1.54) is 11.0 Å². The zero-order valence-electron chi connectivity index (χ0n) is 14.5. The molecule has 0 spiro atoms. The number of nitrogens with zero attached hydrogens (tertiary/aromatic N) is 6. The summed E-state index contributed by atoms with van der Waals surface area (Å²) >= 11 is 0. The topological polar surface area (TPSA) is 67.2 Å². The third kappa shape index (κ3) is 3.82. The number of anilines is 1. The van der Waals surface area contributed by atoms with Crippen LogP contribution in [0.3, 0.4) is 0 Å².